The van der Waals surface area contributed by atoms with Crippen LogP contribution in [0.2, 0.25) is 0 Å². The van der Waals surface area contributed by atoms with Gasteiger partial charge < -0.3 is 0 Å². The molecule has 0 saturated heterocycles. The van der Waals surface area contributed by atoms with Crippen LogP contribution in [-0.2, 0) is 0 Å². The lowest BCUT2D eigenvalue weighted by Crippen LogP contribution is -1.84. The Bertz CT molecular complexity index is 736. The summed E-state index contributed by atoms with van der Waals surface area (Å²) in [5, 5.41) is 2.48. The van der Waals surface area contributed by atoms with Crippen molar-refractivity contribution in [3.8, 4) is 0 Å². The molecule has 0 N–H and O–H groups in total. The summed E-state index contributed by atoms with van der Waals surface area (Å²) in [4.78, 5) is 4.60. The van der Waals surface area contributed by atoms with Gasteiger partial charge in [-0.25, -0.2) is 0 Å². The van der Waals surface area contributed by atoms with Crippen LogP contribution in [0.25, 0.3) is 10.8 Å². The molecule has 92 valence electrons. The Balaban J connectivity index is 2.04. The predicted octanol–water partition coefficient (Wildman–Crippen LogP) is 4.90. The van der Waals surface area contributed by atoms with E-state index in [9.17, 15) is 0 Å². The van der Waals surface area contributed by atoms with Gasteiger partial charge in [-0.05, 0) is 29.3 Å². The van der Waals surface area contributed by atoms with Crippen molar-refractivity contribution in [2.45, 2.75) is 6.92 Å². The van der Waals surface area contributed by atoms with Crippen LogP contribution in [0.3, 0.4) is 0 Å². The van der Waals surface area contributed by atoms with E-state index < -0.39 is 0 Å². The minimum absolute atomic E-state index is 1.02. The molecule has 0 saturated carbocycles. The molecule has 1 nitrogen and oxygen atoms in total. The Hall–Kier alpha value is -2.41. The number of hydrogen-bond donors (Lipinski definition) is 0. The van der Waals surface area contributed by atoms with Crippen LogP contribution in [0, 0.1) is 6.92 Å². The number of fused-ring (bicyclic) bond motifs is 1. The smallest absolute Gasteiger partial charge is 0.0659 e. The first-order chi connectivity index (χ1) is 9.34. The van der Waals surface area contributed by atoms with Gasteiger partial charge in [0, 0.05) is 11.8 Å². The third-order valence-corrected chi connectivity index (χ3v) is 3.28. The molecule has 0 aliphatic heterocycles. The molecule has 3 rings (SSSR count). The molecule has 0 aliphatic rings. The third-order valence-electron chi connectivity index (χ3n) is 3.28. The first kappa shape index (κ1) is 11.7. The molecule has 0 radical (unpaired) electrons. The molecule has 1 heteroatoms. The van der Waals surface area contributed by atoms with Crippen LogP contribution >= 0.6 is 0 Å². The maximum absolute atomic E-state index is 4.60. The molecule has 3 aromatic rings. The van der Waals surface area contributed by atoms with Crippen LogP contribution in [0.1, 0.15) is 11.1 Å². The quantitative estimate of drug-likeness (QED) is 0.569. The van der Waals surface area contributed by atoms with Crippen molar-refractivity contribution < 1.29 is 0 Å². The number of aliphatic imine (C=N–C) groups is 1. The maximum atomic E-state index is 4.60. The normalized spacial score (nSPS) is 11.2. The molecular weight excluding hydrogens is 230 g/mol. The van der Waals surface area contributed by atoms with E-state index in [1.807, 2.05) is 24.4 Å². The van der Waals surface area contributed by atoms with Gasteiger partial charge in [0.25, 0.3) is 0 Å². The summed E-state index contributed by atoms with van der Waals surface area (Å²) in [6.07, 6.45) is 1.95. The minimum atomic E-state index is 1.02. The molecule has 3 aromatic carbocycles. The zero-order valence-electron chi connectivity index (χ0n) is 10.9. The Morgan fingerprint density at radius 1 is 0.789 bits per heavy atom. The van der Waals surface area contributed by atoms with Gasteiger partial charge in [0.05, 0.1) is 5.69 Å². The molecular formula is C18H15N. The van der Waals surface area contributed by atoms with E-state index in [1.54, 1.807) is 0 Å². The highest BCUT2D eigenvalue weighted by Crippen LogP contribution is 2.20. The number of benzene rings is 3. The lowest BCUT2D eigenvalue weighted by atomic mass is 10.1. The molecule has 0 aliphatic carbocycles. The SMILES string of the molecule is Cc1ccccc1/N=C/c1cccc2ccccc12. The Morgan fingerprint density at radius 3 is 2.42 bits per heavy atom. The number of aryl methyl sites for hydroxylation is 1. The summed E-state index contributed by atoms with van der Waals surface area (Å²) >= 11 is 0. The molecule has 0 bridgehead atoms. The molecule has 0 atom stereocenters. The van der Waals surface area contributed by atoms with E-state index in [1.165, 1.54) is 16.3 Å². The van der Waals surface area contributed by atoms with Gasteiger partial charge >= 0.3 is 0 Å². The fourth-order valence-corrected chi connectivity index (χ4v) is 2.21. The highest BCUT2D eigenvalue weighted by molar-refractivity contribution is 6.00. The van der Waals surface area contributed by atoms with Crippen molar-refractivity contribution in [1.82, 2.24) is 0 Å². The van der Waals surface area contributed by atoms with Gasteiger partial charge in [0.15, 0.2) is 0 Å². The first-order valence-electron chi connectivity index (χ1n) is 6.42. The Labute approximate surface area is 113 Å². The summed E-state index contributed by atoms with van der Waals surface area (Å²) in [5.74, 6) is 0. The van der Waals surface area contributed by atoms with Gasteiger partial charge in [-0.1, -0.05) is 60.7 Å². The van der Waals surface area contributed by atoms with Gasteiger partial charge in [-0.15, -0.1) is 0 Å². The maximum Gasteiger partial charge on any atom is 0.0659 e. The summed E-state index contributed by atoms with van der Waals surface area (Å²) in [6, 6.07) is 22.8. The average Bonchev–Trinajstić information content (AvgIpc) is 2.46. The predicted molar refractivity (Wildman–Crippen MR) is 82.4 cm³/mol. The highest BCUT2D eigenvalue weighted by atomic mass is 14.7. The molecule has 0 aromatic heterocycles. The summed E-state index contributed by atoms with van der Waals surface area (Å²) in [5.41, 5.74) is 3.37. The highest BCUT2D eigenvalue weighted by Gasteiger charge is 1.98. The summed E-state index contributed by atoms with van der Waals surface area (Å²) in [7, 11) is 0. The van der Waals surface area contributed by atoms with Crippen molar-refractivity contribution in [2.75, 3.05) is 0 Å². The second-order valence-corrected chi connectivity index (χ2v) is 4.61. The van der Waals surface area contributed by atoms with E-state index in [-0.39, 0.29) is 0 Å². The molecule has 0 spiro atoms. The fourth-order valence-electron chi connectivity index (χ4n) is 2.21. The van der Waals surface area contributed by atoms with E-state index in [4.69, 9.17) is 0 Å². The molecule has 19 heavy (non-hydrogen) atoms. The Kier molecular flexibility index (Phi) is 3.11. The van der Waals surface area contributed by atoms with Crippen molar-refractivity contribution in [3.05, 3.63) is 77.9 Å². The topological polar surface area (TPSA) is 12.4 Å². The Morgan fingerprint density at radius 2 is 1.53 bits per heavy atom. The number of rotatable bonds is 2. The van der Waals surface area contributed by atoms with Crippen molar-refractivity contribution in [3.63, 3.8) is 0 Å². The van der Waals surface area contributed by atoms with Gasteiger partial charge in [0.2, 0.25) is 0 Å². The van der Waals surface area contributed by atoms with E-state index in [2.05, 4.69) is 60.4 Å². The van der Waals surface area contributed by atoms with Gasteiger partial charge in [-0.2, -0.15) is 0 Å². The molecule has 0 heterocycles. The second-order valence-electron chi connectivity index (χ2n) is 4.61. The lowest BCUT2D eigenvalue weighted by molar-refractivity contribution is 1.40. The summed E-state index contributed by atoms with van der Waals surface area (Å²) in [6.45, 7) is 2.08. The standard InChI is InChI=1S/C18H15N/c1-14-7-2-5-12-18(14)19-13-16-10-6-9-15-8-3-4-11-17(15)16/h2-13H,1H3/b19-13+. The van der Waals surface area contributed by atoms with E-state index >= 15 is 0 Å². The van der Waals surface area contributed by atoms with Gasteiger partial charge in [0.1, 0.15) is 0 Å². The fraction of sp³-hybridized carbons (Fsp3) is 0.0556. The largest absolute Gasteiger partial charge is 0.256 e. The second kappa shape index (κ2) is 5.07. The van der Waals surface area contributed by atoms with Crippen molar-refractivity contribution in [1.29, 1.82) is 0 Å². The summed E-state index contributed by atoms with van der Waals surface area (Å²) < 4.78 is 0. The van der Waals surface area contributed by atoms with Crippen molar-refractivity contribution in [2.24, 2.45) is 4.99 Å². The van der Waals surface area contributed by atoms with E-state index in [0.717, 1.165) is 11.3 Å². The molecule has 0 unspecified atom stereocenters. The van der Waals surface area contributed by atoms with Crippen molar-refractivity contribution >= 4 is 22.7 Å². The van der Waals surface area contributed by atoms with Crippen LogP contribution in [0.15, 0.2) is 71.7 Å². The first-order valence-corrected chi connectivity index (χ1v) is 6.42. The number of hydrogen-bond acceptors (Lipinski definition) is 1. The van der Waals surface area contributed by atoms with E-state index in [0.29, 0.717) is 0 Å². The number of para-hydroxylation sites is 1. The third kappa shape index (κ3) is 2.41. The van der Waals surface area contributed by atoms with Gasteiger partial charge in [-0.3, -0.25) is 4.99 Å². The monoisotopic (exact) mass is 245 g/mol. The lowest BCUT2D eigenvalue weighted by Gasteiger charge is -2.02. The van der Waals surface area contributed by atoms with Crippen LogP contribution < -0.4 is 0 Å². The minimum Gasteiger partial charge on any atom is -0.256 e. The average molecular weight is 245 g/mol. The van der Waals surface area contributed by atoms with Crippen LogP contribution in [0.5, 0.6) is 0 Å². The zero-order valence-corrected chi connectivity index (χ0v) is 10.9. The zero-order chi connectivity index (χ0) is 13.1. The molecule has 0 amide bonds. The van der Waals surface area contributed by atoms with Crippen LogP contribution in [-0.4, -0.2) is 6.21 Å². The molecule has 0 fully saturated rings. The van der Waals surface area contributed by atoms with Crippen LogP contribution in [0.4, 0.5) is 5.69 Å². The number of nitrogens with zero attached hydrogens (tertiary/aromatic N) is 1.